The van der Waals surface area contributed by atoms with Gasteiger partial charge in [-0.05, 0) is 27.4 Å². The van der Waals surface area contributed by atoms with Crippen LogP contribution in [0, 0.1) is 0 Å². The van der Waals surface area contributed by atoms with Crippen molar-refractivity contribution in [1.82, 2.24) is 25.3 Å². The molecule has 1 fully saturated rings. The van der Waals surface area contributed by atoms with Gasteiger partial charge in [-0.25, -0.2) is 0 Å². The van der Waals surface area contributed by atoms with Gasteiger partial charge >= 0.3 is 0 Å². The number of piperazine rings is 1. The molecule has 0 amide bonds. The van der Waals surface area contributed by atoms with Crippen LogP contribution >= 0.6 is 0 Å². The molecule has 6 heteroatoms. The Kier molecular flexibility index (Phi) is 4.90. The van der Waals surface area contributed by atoms with E-state index in [-0.39, 0.29) is 6.04 Å². The molecule has 108 valence electrons. The van der Waals surface area contributed by atoms with Crippen molar-refractivity contribution in [2.24, 2.45) is 0 Å². The van der Waals surface area contributed by atoms with E-state index in [1.807, 2.05) is 0 Å². The lowest BCUT2D eigenvalue weighted by atomic mass is 10.2. The average molecular weight is 267 g/mol. The van der Waals surface area contributed by atoms with E-state index in [1.54, 1.807) is 0 Å². The minimum Gasteiger partial charge on any atom is -0.338 e. The van der Waals surface area contributed by atoms with Crippen LogP contribution in [-0.4, -0.2) is 59.7 Å². The second-order valence-corrected chi connectivity index (χ2v) is 5.50. The molecule has 0 spiro atoms. The van der Waals surface area contributed by atoms with Crippen molar-refractivity contribution in [2.75, 3.05) is 33.7 Å². The maximum absolute atomic E-state index is 5.33. The quantitative estimate of drug-likeness (QED) is 0.854. The fourth-order valence-electron chi connectivity index (χ4n) is 2.17. The minimum atomic E-state index is 0.236. The third kappa shape index (κ3) is 3.75. The van der Waals surface area contributed by atoms with Crippen LogP contribution in [0.5, 0.6) is 0 Å². The molecule has 6 nitrogen and oxygen atoms in total. The molecule has 1 N–H and O–H groups in total. The molecule has 2 heterocycles. The number of hydrogen-bond donors (Lipinski definition) is 1. The molecule has 2 unspecified atom stereocenters. The number of likely N-dealkylation sites (N-methyl/N-ethyl adjacent to an activating group) is 2. The molecule has 1 aliphatic heterocycles. The number of nitrogens with one attached hydrogen (secondary N) is 1. The molecule has 0 saturated carbocycles. The van der Waals surface area contributed by atoms with E-state index < -0.39 is 0 Å². The lowest BCUT2D eigenvalue weighted by Gasteiger charge is -2.35. The summed E-state index contributed by atoms with van der Waals surface area (Å²) in [5.74, 6) is 1.48. The van der Waals surface area contributed by atoms with Crippen molar-refractivity contribution >= 4 is 0 Å². The van der Waals surface area contributed by atoms with Crippen LogP contribution < -0.4 is 5.32 Å². The maximum atomic E-state index is 5.33. The number of aromatic nitrogens is 2. The second kappa shape index (κ2) is 6.45. The summed E-state index contributed by atoms with van der Waals surface area (Å²) in [6.07, 6.45) is 1.09. The van der Waals surface area contributed by atoms with Crippen LogP contribution in [0.25, 0.3) is 0 Å². The van der Waals surface area contributed by atoms with Crippen LogP contribution in [0.4, 0.5) is 0 Å². The first-order valence-corrected chi connectivity index (χ1v) is 7.04. The van der Waals surface area contributed by atoms with Gasteiger partial charge in [0.2, 0.25) is 5.89 Å². The summed E-state index contributed by atoms with van der Waals surface area (Å²) in [6.45, 7) is 8.04. The molecule has 0 aliphatic carbocycles. The van der Waals surface area contributed by atoms with Crippen molar-refractivity contribution < 1.29 is 4.52 Å². The SMILES string of the molecule is CCC(C)NCc1nc(C2CN(C)CCN2C)no1. The van der Waals surface area contributed by atoms with E-state index in [1.165, 1.54) is 0 Å². The van der Waals surface area contributed by atoms with Crippen molar-refractivity contribution in [3.8, 4) is 0 Å². The molecule has 0 bridgehead atoms. The van der Waals surface area contributed by atoms with Gasteiger partial charge in [-0.2, -0.15) is 4.98 Å². The molecular weight excluding hydrogens is 242 g/mol. The van der Waals surface area contributed by atoms with Gasteiger partial charge < -0.3 is 14.7 Å². The molecule has 1 aromatic rings. The third-order valence-corrected chi connectivity index (χ3v) is 3.85. The van der Waals surface area contributed by atoms with Crippen LogP contribution in [0.15, 0.2) is 4.52 Å². The van der Waals surface area contributed by atoms with Gasteiger partial charge in [0.25, 0.3) is 0 Å². The largest absolute Gasteiger partial charge is 0.338 e. The van der Waals surface area contributed by atoms with Crippen LogP contribution in [0.1, 0.15) is 38.0 Å². The van der Waals surface area contributed by atoms with E-state index in [2.05, 4.69) is 53.2 Å². The molecule has 1 saturated heterocycles. The lowest BCUT2D eigenvalue weighted by molar-refractivity contribution is 0.108. The first-order valence-electron chi connectivity index (χ1n) is 7.04. The van der Waals surface area contributed by atoms with Crippen LogP contribution in [0.3, 0.4) is 0 Å². The fraction of sp³-hybridized carbons (Fsp3) is 0.846. The molecule has 0 aromatic carbocycles. The van der Waals surface area contributed by atoms with E-state index in [0.29, 0.717) is 18.5 Å². The van der Waals surface area contributed by atoms with Gasteiger partial charge in [0, 0.05) is 25.7 Å². The predicted molar refractivity (Wildman–Crippen MR) is 73.8 cm³/mol. The summed E-state index contributed by atoms with van der Waals surface area (Å²) in [6, 6.07) is 0.707. The van der Waals surface area contributed by atoms with Gasteiger partial charge in [-0.3, -0.25) is 4.90 Å². The van der Waals surface area contributed by atoms with Crippen molar-refractivity contribution in [3.05, 3.63) is 11.7 Å². The minimum absolute atomic E-state index is 0.236. The summed E-state index contributed by atoms with van der Waals surface area (Å²) >= 11 is 0. The molecule has 2 atom stereocenters. The highest BCUT2D eigenvalue weighted by atomic mass is 16.5. The van der Waals surface area contributed by atoms with Crippen LogP contribution in [-0.2, 0) is 6.54 Å². The second-order valence-electron chi connectivity index (χ2n) is 5.50. The highest BCUT2D eigenvalue weighted by molar-refractivity contribution is 4.98. The Hall–Kier alpha value is -0.980. The van der Waals surface area contributed by atoms with Gasteiger partial charge in [-0.15, -0.1) is 0 Å². The van der Waals surface area contributed by atoms with E-state index in [9.17, 15) is 0 Å². The van der Waals surface area contributed by atoms with E-state index >= 15 is 0 Å². The third-order valence-electron chi connectivity index (χ3n) is 3.85. The summed E-state index contributed by atoms with van der Waals surface area (Å²) < 4.78 is 5.33. The highest BCUT2D eigenvalue weighted by Crippen LogP contribution is 2.20. The molecule has 19 heavy (non-hydrogen) atoms. The van der Waals surface area contributed by atoms with Gasteiger partial charge in [0.15, 0.2) is 5.82 Å². The summed E-state index contributed by atoms with van der Waals surface area (Å²) in [5, 5.41) is 7.50. The zero-order valence-corrected chi connectivity index (χ0v) is 12.4. The Labute approximate surface area is 115 Å². The van der Waals surface area contributed by atoms with Crippen LogP contribution in [0.2, 0.25) is 0 Å². The number of rotatable bonds is 5. The first-order chi connectivity index (χ1) is 9.10. The Morgan fingerprint density at radius 1 is 1.42 bits per heavy atom. The van der Waals surface area contributed by atoms with Gasteiger partial charge in [0.05, 0.1) is 12.6 Å². The van der Waals surface area contributed by atoms with Gasteiger partial charge in [-0.1, -0.05) is 12.1 Å². The molecule has 1 aromatic heterocycles. The Morgan fingerprint density at radius 3 is 2.95 bits per heavy atom. The number of hydrogen-bond acceptors (Lipinski definition) is 6. The highest BCUT2D eigenvalue weighted by Gasteiger charge is 2.27. The van der Waals surface area contributed by atoms with Gasteiger partial charge in [0.1, 0.15) is 0 Å². The van der Waals surface area contributed by atoms with Crippen molar-refractivity contribution in [1.29, 1.82) is 0 Å². The van der Waals surface area contributed by atoms with Crippen molar-refractivity contribution in [3.63, 3.8) is 0 Å². The van der Waals surface area contributed by atoms with Crippen molar-refractivity contribution in [2.45, 2.75) is 38.9 Å². The monoisotopic (exact) mass is 267 g/mol. The lowest BCUT2D eigenvalue weighted by Crippen LogP contribution is -2.45. The summed E-state index contributed by atoms with van der Waals surface area (Å²) in [7, 11) is 4.25. The molecule has 0 radical (unpaired) electrons. The average Bonchev–Trinajstić information content (AvgIpc) is 2.87. The normalized spacial score (nSPS) is 23.7. The molecule has 1 aliphatic rings. The predicted octanol–water partition coefficient (Wildman–Crippen LogP) is 0.876. The fourth-order valence-corrected chi connectivity index (χ4v) is 2.17. The summed E-state index contributed by atoms with van der Waals surface area (Å²) in [5.41, 5.74) is 0. The zero-order valence-electron chi connectivity index (χ0n) is 12.4. The topological polar surface area (TPSA) is 57.4 Å². The smallest absolute Gasteiger partial charge is 0.240 e. The summed E-state index contributed by atoms with van der Waals surface area (Å²) in [4.78, 5) is 9.11. The Bertz CT molecular complexity index is 394. The van der Waals surface area contributed by atoms with E-state index in [4.69, 9.17) is 4.52 Å². The standard InChI is InChI=1S/C13H25N5O/c1-5-10(2)14-8-12-15-13(16-19-12)11-9-17(3)6-7-18(11)4/h10-11,14H,5-9H2,1-4H3. The molecule has 2 rings (SSSR count). The zero-order chi connectivity index (χ0) is 13.8. The number of nitrogens with zero attached hydrogens (tertiary/aromatic N) is 4. The maximum Gasteiger partial charge on any atom is 0.240 e. The van der Waals surface area contributed by atoms with E-state index in [0.717, 1.165) is 31.9 Å². The Morgan fingerprint density at radius 2 is 2.21 bits per heavy atom. The molecular formula is C13H25N5O. The Balaban J connectivity index is 1.95. The first kappa shape index (κ1) is 14.4.